The fourth-order valence-corrected chi connectivity index (χ4v) is 2.51. The van der Waals surface area contributed by atoms with Crippen LogP contribution >= 0.6 is 0 Å². The standard InChI is InChI=1S/C13H19N3O2/c1-8-4-3-5-10(8)7-14-13-15-9(2)6-11(16-13)12(17)18/h6,8,10H,3-5,7H2,1-2H3,(H,17,18)(H,14,15,16). The lowest BCUT2D eigenvalue weighted by Crippen LogP contribution is -2.18. The Balaban J connectivity index is 2.02. The summed E-state index contributed by atoms with van der Waals surface area (Å²) in [6.45, 7) is 4.86. The van der Waals surface area contributed by atoms with Gasteiger partial charge in [-0.2, -0.15) is 0 Å². The summed E-state index contributed by atoms with van der Waals surface area (Å²) in [5, 5.41) is 12.1. The van der Waals surface area contributed by atoms with Gasteiger partial charge in [-0.15, -0.1) is 0 Å². The number of aryl methyl sites for hydroxylation is 1. The average Bonchev–Trinajstić information content (AvgIpc) is 2.71. The molecule has 2 rings (SSSR count). The molecule has 2 N–H and O–H groups in total. The molecule has 5 heteroatoms. The van der Waals surface area contributed by atoms with E-state index in [0.717, 1.165) is 12.5 Å². The summed E-state index contributed by atoms with van der Waals surface area (Å²) >= 11 is 0. The van der Waals surface area contributed by atoms with E-state index in [1.807, 2.05) is 0 Å². The molecule has 0 bridgehead atoms. The van der Waals surface area contributed by atoms with Crippen LogP contribution in [0.25, 0.3) is 0 Å². The summed E-state index contributed by atoms with van der Waals surface area (Å²) in [5.74, 6) is 0.771. The Bertz CT molecular complexity index is 448. The fraction of sp³-hybridized carbons (Fsp3) is 0.615. The number of rotatable bonds is 4. The smallest absolute Gasteiger partial charge is 0.354 e. The van der Waals surface area contributed by atoms with E-state index in [1.54, 1.807) is 6.92 Å². The maximum Gasteiger partial charge on any atom is 0.354 e. The molecule has 1 aromatic heterocycles. The summed E-state index contributed by atoms with van der Waals surface area (Å²) in [4.78, 5) is 19.1. The minimum atomic E-state index is -1.02. The van der Waals surface area contributed by atoms with Crippen LogP contribution in [-0.2, 0) is 0 Å². The normalized spacial score (nSPS) is 23.0. The van der Waals surface area contributed by atoms with E-state index >= 15 is 0 Å². The molecule has 0 amide bonds. The van der Waals surface area contributed by atoms with E-state index in [2.05, 4.69) is 22.2 Å². The Morgan fingerprint density at radius 2 is 2.28 bits per heavy atom. The molecule has 1 aliphatic rings. The van der Waals surface area contributed by atoms with Gasteiger partial charge in [0.25, 0.3) is 0 Å². The SMILES string of the molecule is Cc1cc(C(=O)O)nc(NCC2CCCC2C)n1. The van der Waals surface area contributed by atoms with E-state index in [1.165, 1.54) is 25.3 Å². The topological polar surface area (TPSA) is 75.1 Å². The fourth-order valence-electron chi connectivity index (χ4n) is 2.51. The van der Waals surface area contributed by atoms with Gasteiger partial charge < -0.3 is 10.4 Å². The molecular formula is C13H19N3O2. The third-order valence-corrected chi connectivity index (χ3v) is 3.63. The van der Waals surface area contributed by atoms with Gasteiger partial charge in [0.2, 0.25) is 5.95 Å². The second-order valence-electron chi connectivity index (χ2n) is 5.07. The van der Waals surface area contributed by atoms with Crippen molar-refractivity contribution >= 4 is 11.9 Å². The van der Waals surface area contributed by atoms with Crippen LogP contribution in [0.2, 0.25) is 0 Å². The largest absolute Gasteiger partial charge is 0.477 e. The van der Waals surface area contributed by atoms with Crippen LogP contribution < -0.4 is 5.32 Å². The van der Waals surface area contributed by atoms with Crippen LogP contribution in [-0.4, -0.2) is 27.6 Å². The molecule has 0 saturated heterocycles. The van der Waals surface area contributed by atoms with Gasteiger partial charge in [0.05, 0.1) is 0 Å². The van der Waals surface area contributed by atoms with Gasteiger partial charge >= 0.3 is 5.97 Å². The maximum absolute atomic E-state index is 10.9. The minimum Gasteiger partial charge on any atom is -0.477 e. The van der Waals surface area contributed by atoms with Crippen molar-refractivity contribution in [2.24, 2.45) is 11.8 Å². The molecule has 5 nitrogen and oxygen atoms in total. The number of carboxylic acids is 1. The molecule has 1 aliphatic carbocycles. The van der Waals surface area contributed by atoms with Crippen molar-refractivity contribution < 1.29 is 9.90 Å². The van der Waals surface area contributed by atoms with Crippen LogP contribution in [0.5, 0.6) is 0 Å². The van der Waals surface area contributed by atoms with Crippen molar-refractivity contribution in [2.75, 3.05) is 11.9 Å². The predicted molar refractivity (Wildman–Crippen MR) is 68.7 cm³/mol. The second kappa shape index (κ2) is 5.33. The number of nitrogens with one attached hydrogen (secondary N) is 1. The second-order valence-corrected chi connectivity index (χ2v) is 5.07. The number of aromatic carboxylic acids is 1. The van der Waals surface area contributed by atoms with Crippen LogP contribution in [0, 0.1) is 18.8 Å². The molecule has 1 heterocycles. The van der Waals surface area contributed by atoms with E-state index in [0.29, 0.717) is 17.6 Å². The summed E-state index contributed by atoms with van der Waals surface area (Å²) in [7, 11) is 0. The number of anilines is 1. The lowest BCUT2D eigenvalue weighted by atomic mass is 9.98. The summed E-state index contributed by atoms with van der Waals surface area (Å²) in [6.07, 6.45) is 3.79. The Morgan fingerprint density at radius 1 is 1.50 bits per heavy atom. The third-order valence-electron chi connectivity index (χ3n) is 3.63. The molecule has 0 aliphatic heterocycles. The van der Waals surface area contributed by atoms with Gasteiger partial charge in [-0.25, -0.2) is 14.8 Å². The van der Waals surface area contributed by atoms with Crippen LogP contribution in [0.1, 0.15) is 42.4 Å². The Hall–Kier alpha value is -1.65. The summed E-state index contributed by atoms with van der Waals surface area (Å²) in [5.41, 5.74) is 0.717. The molecule has 2 atom stereocenters. The summed E-state index contributed by atoms with van der Waals surface area (Å²) < 4.78 is 0. The molecular weight excluding hydrogens is 230 g/mol. The van der Waals surface area contributed by atoms with Crippen molar-refractivity contribution in [1.82, 2.24) is 9.97 Å². The first-order chi connectivity index (χ1) is 8.56. The van der Waals surface area contributed by atoms with Gasteiger partial charge in [-0.3, -0.25) is 0 Å². The molecule has 2 unspecified atom stereocenters. The highest BCUT2D eigenvalue weighted by Gasteiger charge is 2.23. The number of nitrogens with zero attached hydrogens (tertiary/aromatic N) is 2. The number of hydrogen-bond acceptors (Lipinski definition) is 4. The monoisotopic (exact) mass is 249 g/mol. The number of carbonyl (C=O) groups is 1. The molecule has 1 aromatic rings. The highest BCUT2D eigenvalue weighted by atomic mass is 16.4. The van der Waals surface area contributed by atoms with E-state index in [9.17, 15) is 4.79 Å². The van der Waals surface area contributed by atoms with Crippen molar-refractivity contribution in [3.05, 3.63) is 17.5 Å². The van der Waals surface area contributed by atoms with Crippen molar-refractivity contribution in [3.8, 4) is 0 Å². The van der Waals surface area contributed by atoms with Gasteiger partial charge in [0, 0.05) is 12.2 Å². The Morgan fingerprint density at radius 3 is 2.89 bits per heavy atom. The zero-order valence-electron chi connectivity index (χ0n) is 10.8. The first kappa shape index (κ1) is 12.8. The predicted octanol–water partition coefficient (Wildman–Crippen LogP) is 2.33. The highest BCUT2D eigenvalue weighted by Crippen LogP contribution is 2.30. The molecule has 1 saturated carbocycles. The molecule has 18 heavy (non-hydrogen) atoms. The van der Waals surface area contributed by atoms with Crippen LogP contribution in [0.4, 0.5) is 5.95 Å². The molecule has 0 aromatic carbocycles. The average molecular weight is 249 g/mol. The zero-order chi connectivity index (χ0) is 13.1. The molecule has 1 fully saturated rings. The maximum atomic E-state index is 10.9. The van der Waals surface area contributed by atoms with Gasteiger partial charge in [0.15, 0.2) is 5.69 Å². The van der Waals surface area contributed by atoms with Gasteiger partial charge in [-0.05, 0) is 31.2 Å². The first-order valence-electron chi connectivity index (χ1n) is 6.39. The molecule has 0 spiro atoms. The lowest BCUT2D eigenvalue weighted by Gasteiger charge is -2.16. The van der Waals surface area contributed by atoms with E-state index in [-0.39, 0.29) is 5.69 Å². The summed E-state index contributed by atoms with van der Waals surface area (Å²) in [6, 6.07) is 1.48. The number of carboxylic acid groups (broad SMARTS) is 1. The van der Waals surface area contributed by atoms with Crippen LogP contribution in [0.15, 0.2) is 6.07 Å². The first-order valence-corrected chi connectivity index (χ1v) is 6.39. The zero-order valence-corrected chi connectivity index (χ0v) is 10.8. The van der Waals surface area contributed by atoms with Crippen molar-refractivity contribution in [3.63, 3.8) is 0 Å². The quantitative estimate of drug-likeness (QED) is 0.856. The van der Waals surface area contributed by atoms with Crippen LogP contribution in [0.3, 0.4) is 0 Å². The molecule has 98 valence electrons. The van der Waals surface area contributed by atoms with Crippen molar-refractivity contribution in [1.29, 1.82) is 0 Å². The third kappa shape index (κ3) is 2.97. The van der Waals surface area contributed by atoms with Gasteiger partial charge in [-0.1, -0.05) is 19.8 Å². The number of aromatic nitrogens is 2. The molecule has 0 radical (unpaired) electrons. The Labute approximate surface area is 107 Å². The minimum absolute atomic E-state index is 0.0458. The van der Waals surface area contributed by atoms with E-state index < -0.39 is 5.97 Å². The van der Waals surface area contributed by atoms with Gasteiger partial charge in [0.1, 0.15) is 0 Å². The van der Waals surface area contributed by atoms with E-state index in [4.69, 9.17) is 5.11 Å². The number of hydrogen-bond donors (Lipinski definition) is 2. The highest BCUT2D eigenvalue weighted by molar-refractivity contribution is 5.85. The Kier molecular flexibility index (Phi) is 3.79. The lowest BCUT2D eigenvalue weighted by molar-refractivity contribution is 0.0690. The van der Waals surface area contributed by atoms with Crippen molar-refractivity contribution in [2.45, 2.75) is 33.1 Å².